The number of aromatic nitrogens is 4. The number of nitrogens with zero attached hydrogens (tertiary/aromatic N) is 5. The zero-order chi connectivity index (χ0) is 18.5. The molecule has 3 rings (SSSR count). The Morgan fingerprint density at radius 1 is 1.35 bits per heavy atom. The van der Waals surface area contributed by atoms with Crippen molar-refractivity contribution >= 4 is 35.4 Å². The number of carbonyl (C=O) groups is 2. The normalized spacial score (nSPS) is 17.2. The monoisotopic (exact) mass is 393 g/mol. The van der Waals surface area contributed by atoms with Crippen LogP contribution in [0.5, 0.6) is 0 Å². The van der Waals surface area contributed by atoms with E-state index in [1.54, 1.807) is 9.58 Å². The topological polar surface area (TPSA) is 90.2 Å². The molecule has 10 heteroatoms. The van der Waals surface area contributed by atoms with Crippen LogP contribution in [-0.2, 0) is 14.3 Å². The summed E-state index contributed by atoms with van der Waals surface area (Å²) >= 11 is 2.80. The number of thioether (sulfide) groups is 2. The van der Waals surface area contributed by atoms with Gasteiger partial charge >= 0.3 is 5.97 Å². The van der Waals surface area contributed by atoms with E-state index in [1.165, 1.54) is 30.6 Å². The van der Waals surface area contributed by atoms with Gasteiger partial charge in [0, 0.05) is 18.8 Å². The average molecular weight is 393 g/mol. The Morgan fingerprint density at radius 2 is 2.12 bits per heavy atom. The van der Waals surface area contributed by atoms with Gasteiger partial charge in [0.2, 0.25) is 11.1 Å². The van der Waals surface area contributed by atoms with Crippen LogP contribution in [0.25, 0.3) is 5.69 Å². The standard InChI is InChI=1S/C16H19N5O3S2/c1-11-3-5-12(6-4-11)21-16(17-18-19-21)26-10-14(22)20-7-8-25-13(9-20)15(23)24-2/h3-6,13H,7-10H2,1-2H3/t13-/m0/s1. The Balaban J connectivity index is 1.61. The van der Waals surface area contributed by atoms with Gasteiger partial charge in [-0.1, -0.05) is 29.5 Å². The molecule has 1 amide bonds. The van der Waals surface area contributed by atoms with Crippen molar-refractivity contribution in [2.24, 2.45) is 0 Å². The van der Waals surface area contributed by atoms with Crippen molar-refractivity contribution in [1.29, 1.82) is 0 Å². The highest BCUT2D eigenvalue weighted by Gasteiger charge is 2.29. The van der Waals surface area contributed by atoms with Crippen LogP contribution < -0.4 is 0 Å². The second kappa shape index (κ2) is 8.54. The maximum atomic E-state index is 12.5. The number of methoxy groups -OCH3 is 1. The van der Waals surface area contributed by atoms with E-state index in [0.717, 1.165) is 17.0 Å². The summed E-state index contributed by atoms with van der Waals surface area (Å²) in [5.74, 6) is 0.605. The molecule has 26 heavy (non-hydrogen) atoms. The molecule has 0 radical (unpaired) electrons. The van der Waals surface area contributed by atoms with Crippen LogP contribution in [0, 0.1) is 6.92 Å². The summed E-state index contributed by atoms with van der Waals surface area (Å²) in [4.78, 5) is 25.9. The van der Waals surface area contributed by atoms with Crippen molar-refractivity contribution in [3.05, 3.63) is 29.8 Å². The minimum atomic E-state index is -0.319. The second-order valence-corrected chi connectivity index (χ2v) is 7.97. The van der Waals surface area contributed by atoms with Crippen LogP contribution in [0.1, 0.15) is 5.56 Å². The third kappa shape index (κ3) is 4.36. The number of ether oxygens (including phenoxy) is 1. The van der Waals surface area contributed by atoms with Gasteiger partial charge in [0.15, 0.2) is 0 Å². The van der Waals surface area contributed by atoms with Crippen molar-refractivity contribution in [3.63, 3.8) is 0 Å². The van der Waals surface area contributed by atoms with E-state index in [0.29, 0.717) is 18.2 Å². The van der Waals surface area contributed by atoms with Crippen molar-refractivity contribution in [1.82, 2.24) is 25.1 Å². The number of aryl methyl sites for hydroxylation is 1. The summed E-state index contributed by atoms with van der Waals surface area (Å²) in [5.41, 5.74) is 1.99. The molecular formula is C16H19N5O3S2. The number of rotatable bonds is 5. The number of carbonyl (C=O) groups excluding carboxylic acids is 2. The predicted octanol–water partition coefficient (Wildman–Crippen LogP) is 1.18. The lowest BCUT2D eigenvalue weighted by atomic mass is 10.2. The highest BCUT2D eigenvalue weighted by atomic mass is 32.2. The summed E-state index contributed by atoms with van der Waals surface area (Å²) < 4.78 is 6.39. The van der Waals surface area contributed by atoms with Gasteiger partial charge in [-0.05, 0) is 29.5 Å². The fourth-order valence-corrected chi connectivity index (χ4v) is 4.41. The maximum absolute atomic E-state index is 12.5. The average Bonchev–Trinajstić information content (AvgIpc) is 3.14. The molecule has 0 bridgehead atoms. The smallest absolute Gasteiger partial charge is 0.320 e. The molecule has 0 spiro atoms. The zero-order valence-corrected chi connectivity index (χ0v) is 16.1. The number of tetrazole rings is 1. The van der Waals surface area contributed by atoms with Crippen LogP contribution in [0.15, 0.2) is 29.4 Å². The first-order chi connectivity index (χ1) is 12.6. The molecule has 8 nitrogen and oxygen atoms in total. The fraction of sp³-hybridized carbons (Fsp3) is 0.438. The van der Waals surface area contributed by atoms with E-state index in [9.17, 15) is 9.59 Å². The largest absolute Gasteiger partial charge is 0.468 e. The lowest BCUT2D eigenvalue weighted by molar-refractivity contribution is -0.141. The van der Waals surface area contributed by atoms with Crippen molar-refractivity contribution in [2.75, 3.05) is 31.7 Å². The molecule has 2 aromatic rings. The first-order valence-corrected chi connectivity index (χ1v) is 10.1. The van der Waals surface area contributed by atoms with E-state index in [1.807, 2.05) is 31.2 Å². The number of amides is 1. The lowest BCUT2D eigenvalue weighted by Gasteiger charge is -2.30. The van der Waals surface area contributed by atoms with Gasteiger partial charge in [0.1, 0.15) is 5.25 Å². The van der Waals surface area contributed by atoms with Gasteiger partial charge in [-0.2, -0.15) is 4.68 Å². The third-order valence-electron chi connectivity index (χ3n) is 3.93. The molecule has 1 saturated heterocycles. The Hall–Kier alpha value is -2.07. The Labute approximate surface area is 159 Å². The second-order valence-electron chi connectivity index (χ2n) is 5.72. The summed E-state index contributed by atoms with van der Waals surface area (Å²) in [7, 11) is 1.37. The molecule has 1 aliphatic heterocycles. The van der Waals surface area contributed by atoms with Crippen molar-refractivity contribution in [2.45, 2.75) is 17.3 Å². The Bertz CT molecular complexity index is 780. The molecule has 1 atom stereocenters. The molecular weight excluding hydrogens is 374 g/mol. The molecule has 0 N–H and O–H groups in total. The minimum Gasteiger partial charge on any atom is -0.468 e. The molecule has 0 saturated carbocycles. The molecule has 0 unspecified atom stereocenters. The lowest BCUT2D eigenvalue weighted by Crippen LogP contribution is -2.45. The van der Waals surface area contributed by atoms with E-state index >= 15 is 0 Å². The highest BCUT2D eigenvalue weighted by molar-refractivity contribution is 8.00. The van der Waals surface area contributed by atoms with Gasteiger partial charge < -0.3 is 9.64 Å². The van der Waals surface area contributed by atoms with E-state index < -0.39 is 0 Å². The molecule has 2 heterocycles. The molecule has 138 valence electrons. The number of hydrogen-bond acceptors (Lipinski definition) is 8. The SMILES string of the molecule is COC(=O)[C@@H]1CN(C(=O)CSc2nnnn2-c2ccc(C)cc2)CCS1. The molecule has 1 aromatic heterocycles. The van der Waals surface area contributed by atoms with Crippen LogP contribution in [0.3, 0.4) is 0 Å². The zero-order valence-electron chi connectivity index (χ0n) is 14.5. The predicted molar refractivity (Wildman–Crippen MR) is 99.5 cm³/mol. The van der Waals surface area contributed by atoms with Gasteiger partial charge in [-0.15, -0.1) is 16.9 Å². The van der Waals surface area contributed by atoms with Gasteiger partial charge in [-0.3, -0.25) is 9.59 Å². The van der Waals surface area contributed by atoms with Crippen LogP contribution in [-0.4, -0.2) is 73.9 Å². The highest BCUT2D eigenvalue weighted by Crippen LogP contribution is 2.22. The third-order valence-corrected chi connectivity index (χ3v) is 5.99. The number of esters is 1. The van der Waals surface area contributed by atoms with Crippen LogP contribution >= 0.6 is 23.5 Å². The van der Waals surface area contributed by atoms with Crippen molar-refractivity contribution in [3.8, 4) is 5.69 Å². The van der Waals surface area contributed by atoms with Gasteiger partial charge in [0.25, 0.3) is 0 Å². The molecule has 1 aromatic carbocycles. The molecule has 1 aliphatic rings. The summed E-state index contributed by atoms with van der Waals surface area (Å²) in [6, 6.07) is 7.82. The maximum Gasteiger partial charge on any atom is 0.320 e. The Morgan fingerprint density at radius 3 is 2.85 bits per heavy atom. The molecule has 0 aliphatic carbocycles. The summed E-state index contributed by atoms with van der Waals surface area (Å²) in [5, 5.41) is 11.9. The fourth-order valence-electron chi connectivity index (χ4n) is 2.48. The summed E-state index contributed by atoms with van der Waals surface area (Å²) in [6.07, 6.45) is 0. The van der Waals surface area contributed by atoms with E-state index in [2.05, 4.69) is 15.5 Å². The first kappa shape index (κ1) is 18.7. The first-order valence-electron chi connectivity index (χ1n) is 8.04. The van der Waals surface area contributed by atoms with Gasteiger partial charge in [-0.25, -0.2) is 0 Å². The van der Waals surface area contributed by atoms with E-state index in [4.69, 9.17) is 4.74 Å². The summed E-state index contributed by atoms with van der Waals surface area (Å²) in [6.45, 7) is 3.01. The minimum absolute atomic E-state index is 0.0392. The quantitative estimate of drug-likeness (QED) is 0.553. The Kier molecular flexibility index (Phi) is 6.15. The van der Waals surface area contributed by atoms with Gasteiger partial charge in [0.05, 0.1) is 18.6 Å². The van der Waals surface area contributed by atoms with Crippen LogP contribution in [0.2, 0.25) is 0 Å². The van der Waals surface area contributed by atoms with Crippen molar-refractivity contribution < 1.29 is 14.3 Å². The molecule has 1 fully saturated rings. The number of benzene rings is 1. The van der Waals surface area contributed by atoms with E-state index in [-0.39, 0.29) is 22.9 Å². The van der Waals surface area contributed by atoms with Crippen LogP contribution in [0.4, 0.5) is 0 Å². The number of hydrogen-bond donors (Lipinski definition) is 0.